The zero-order valence-electron chi connectivity index (χ0n) is 35.2. The molecule has 0 heterocycles. The quantitative estimate of drug-likeness (QED) is 0.0729. The van der Waals surface area contributed by atoms with Crippen LogP contribution in [0.4, 0.5) is 33.3 Å². The molecule has 0 aliphatic rings. The summed E-state index contributed by atoms with van der Waals surface area (Å²) >= 11 is 6.13. The minimum atomic E-state index is -4.58. The SMILES string of the molecule is CCNC(=O)c1cc(NS(=O)(=O)c2ccc(C)cc2Cl)ccc1Oc1cccc(OC)c1.CCNC(=O)c1cc(S(=O)(=O)Nc2ccc(C(F)(F)F)cc2)ccc1Oc1cc(F)cc(F)c1. The molecule has 0 unspecified atom stereocenters. The number of methoxy groups -OCH3 is 1. The van der Waals surface area contributed by atoms with Gasteiger partial charge in [-0.1, -0.05) is 23.7 Å². The van der Waals surface area contributed by atoms with E-state index in [1.807, 2.05) is 6.92 Å². The zero-order chi connectivity index (χ0) is 48.4. The third kappa shape index (κ3) is 13.3. The Hall–Kier alpha value is -6.90. The molecule has 4 N–H and O–H groups in total. The molecule has 6 rings (SSSR count). The van der Waals surface area contributed by atoms with Crippen LogP contribution in [0.5, 0.6) is 28.7 Å². The van der Waals surface area contributed by atoms with Gasteiger partial charge >= 0.3 is 6.18 Å². The smallest absolute Gasteiger partial charge is 0.416 e. The van der Waals surface area contributed by atoms with Crippen molar-refractivity contribution in [1.29, 1.82) is 0 Å². The normalized spacial score (nSPS) is 11.4. The second-order valence-corrected chi connectivity index (χ2v) is 17.5. The van der Waals surface area contributed by atoms with Gasteiger partial charge in [0.05, 0.1) is 33.7 Å². The summed E-state index contributed by atoms with van der Waals surface area (Å²) in [7, 11) is -6.75. The van der Waals surface area contributed by atoms with Crippen molar-refractivity contribution in [3.05, 3.63) is 160 Å². The molecular weight excluding hydrogens is 935 g/mol. The molecule has 0 aliphatic heterocycles. The van der Waals surface area contributed by atoms with E-state index in [9.17, 15) is 48.4 Å². The van der Waals surface area contributed by atoms with E-state index in [2.05, 4.69) is 20.1 Å². The average Bonchev–Trinajstić information content (AvgIpc) is 3.24. The molecule has 0 atom stereocenters. The number of aryl methyl sites for hydroxylation is 1. The van der Waals surface area contributed by atoms with Crippen LogP contribution >= 0.6 is 11.6 Å². The molecule has 13 nitrogen and oxygen atoms in total. The van der Waals surface area contributed by atoms with E-state index in [0.717, 1.165) is 48.0 Å². The monoisotopic (exact) mass is 974 g/mol. The Balaban J connectivity index is 0.000000248. The summed E-state index contributed by atoms with van der Waals surface area (Å²) in [6, 6.07) is 24.9. The van der Waals surface area contributed by atoms with Crippen LogP contribution in [0.15, 0.2) is 131 Å². The zero-order valence-corrected chi connectivity index (χ0v) is 37.6. The highest BCUT2D eigenvalue weighted by Gasteiger charge is 2.30. The van der Waals surface area contributed by atoms with Crippen LogP contribution in [0.25, 0.3) is 0 Å². The Bertz CT molecular complexity index is 2940. The van der Waals surface area contributed by atoms with E-state index in [1.165, 1.54) is 24.3 Å². The van der Waals surface area contributed by atoms with Crippen LogP contribution in [0.1, 0.15) is 45.7 Å². The van der Waals surface area contributed by atoms with E-state index in [4.69, 9.17) is 25.8 Å². The number of ether oxygens (including phenoxy) is 3. The van der Waals surface area contributed by atoms with Crippen molar-refractivity contribution in [1.82, 2.24) is 10.6 Å². The van der Waals surface area contributed by atoms with E-state index in [1.54, 1.807) is 57.4 Å². The fourth-order valence-corrected chi connectivity index (χ4v) is 8.53. The maximum absolute atomic E-state index is 13.5. The molecule has 21 heteroatoms. The number of anilines is 2. The molecule has 0 fully saturated rings. The van der Waals surface area contributed by atoms with E-state index in [-0.39, 0.29) is 56.2 Å². The Kier molecular flexibility index (Phi) is 16.2. The Morgan fingerprint density at radius 2 is 1.17 bits per heavy atom. The molecule has 0 spiro atoms. The van der Waals surface area contributed by atoms with Crippen LogP contribution < -0.4 is 34.3 Å². The van der Waals surface area contributed by atoms with Gasteiger partial charge in [-0.05, 0) is 111 Å². The summed E-state index contributed by atoms with van der Waals surface area (Å²) in [4.78, 5) is 24.7. The third-order valence-corrected chi connectivity index (χ3v) is 12.1. The van der Waals surface area contributed by atoms with E-state index in [0.29, 0.717) is 36.2 Å². The second-order valence-electron chi connectivity index (χ2n) is 13.8. The van der Waals surface area contributed by atoms with Gasteiger partial charge in [0.15, 0.2) is 0 Å². The lowest BCUT2D eigenvalue weighted by molar-refractivity contribution is -0.137. The largest absolute Gasteiger partial charge is 0.497 e. The summed E-state index contributed by atoms with van der Waals surface area (Å²) in [6.07, 6.45) is -4.58. The Labute approximate surface area is 382 Å². The van der Waals surface area contributed by atoms with Gasteiger partial charge in [0, 0.05) is 48.7 Å². The summed E-state index contributed by atoms with van der Waals surface area (Å²) < 4.78 is 137. The van der Waals surface area contributed by atoms with Gasteiger partial charge in [0.1, 0.15) is 45.3 Å². The molecule has 0 saturated heterocycles. The first-order chi connectivity index (χ1) is 31.1. The van der Waals surface area contributed by atoms with Crippen molar-refractivity contribution in [2.24, 2.45) is 0 Å². The number of nitrogens with one attached hydrogen (secondary N) is 4. The number of rotatable bonds is 15. The number of halogens is 6. The molecule has 348 valence electrons. The molecular formula is C45H40ClF5N4O9S2. The van der Waals surface area contributed by atoms with Crippen LogP contribution in [0.3, 0.4) is 0 Å². The van der Waals surface area contributed by atoms with Crippen LogP contribution in [-0.4, -0.2) is 48.8 Å². The lowest BCUT2D eigenvalue weighted by atomic mass is 10.1. The van der Waals surface area contributed by atoms with Crippen LogP contribution in [0, 0.1) is 18.6 Å². The molecule has 0 bridgehead atoms. The fourth-order valence-electron chi connectivity index (χ4n) is 5.80. The van der Waals surface area contributed by atoms with Gasteiger partial charge in [0.25, 0.3) is 31.9 Å². The van der Waals surface area contributed by atoms with Crippen molar-refractivity contribution < 1.29 is 62.6 Å². The number of carbonyl (C=O) groups excluding carboxylic acids is 2. The van der Waals surface area contributed by atoms with Gasteiger partial charge in [0.2, 0.25) is 0 Å². The number of hydrogen-bond donors (Lipinski definition) is 4. The average molecular weight is 975 g/mol. The summed E-state index contributed by atoms with van der Waals surface area (Å²) in [6.45, 7) is 5.80. The summed E-state index contributed by atoms with van der Waals surface area (Å²) in [5.74, 6) is -2.08. The molecule has 0 radical (unpaired) electrons. The van der Waals surface area contributed by atoms with Gasteiger partial charge < -0.3 is 24.8 Å². The Morgan fingerprint density at radius 1 is 0.621 bits per heavy atom. The number of benzene rings is 6. The highest BCUT2D eigenvalue weighted by molar-refractivity contribution is 7.93. The number of amides is 2. The van der Waals surface area contributed by atoms with Gasteiger partial charge in [-0.15, -0.1) is 0 Å². The second kappa shape index (κ2) is 21.4. The maximum atomic E-state index is 13.5. The molecule has 0 saturated carbocycles. The standard InChI is InChI=1S/C23H23ClN2O5S.C22H17F5N2O4S/c1-4-25-23(27)19-13-16(26-32(28,29)22-11-8-15(2)12-20(22)24)9-10-21(19)31-18-7-5-6-17(14-18)30-3;1-2-28-21(30)19-12-18(7-8-20(19)33-17-10-14(23)9-15(24)11-17)34(31,32)29-16-5-3-13(4-6-16)22(25,26)27/h5-14,26H,4H2,1-3H3,(H,25,27);3-12,29H,2H2,1H3,(H,28,30). The van der Waals surface area contributed by atoms with E-state index < -0.39 is 60.1 Å². The lowest BCUT2D eigenvalue weighted by Gasteiger charge is -2.15. The number of hydrogen-bond acceptors (Lipinski definition) is 9. The minimum absolute atomic E-state index is 0.0546. The minimum Gasteiger partial charge on any atom is -0.497 e. The Morgan fingerprint density at radius 3 is 1.74 bits per heavy atom. The van der Waals surface area contributed by atoms with Crippen molar-refractivity contribution >= 4 is 54.8 Å². The lowest BCUT2D eigenvalue weighted by Crippen LogP contribution is -2.24. The molecule has 6 aromatic rings. The highest BCUT2D eigenvalue weighted by Crippen LogP contribution is 2.34. The summed E-state index contributed by atoms with van der Waals surface area (Å²) in [5, 5.41) is 5.29. The molecule has 0 aromatic heterocycles. The van der Waals surface area contributed by atoms with Gasteiger partial charge in [-0.25, -0.2) is 25.6 Å². The molecule has 6 aromatic carbocycles. The van der Waals surface area contributed by atoms with Gasteiger partial charge in [-0.2, -0.15) is 13.2 Å². The fraction of sp³-hybridized carbons (Fsp3) is 0.156. The summed E-state index contributed by atoms with van der Waals surface area (Å²) in [5.41, 5.74) is -0.133. The number of alkyl halides is 3. The predicted molar refractivity (Wildman–Crippen MR) is 238 cm³/mol. The molecule has 2 amide bonds. The first kappa shape index (κ1) is 50.1. The van der Waals surface area contributed by atoms with Crippen LogP contribution in [0.2, 0.25) is 5.02 Å². The predicted octanol–water partition coefficient (Wildman–Crippen LogP) is 10.3. The van der Waals surface area contributed by atoms with E-state index >= 15 is 0 Å². The number of sulfonamides is 2. The highest BCUT2D eigenvalue weighted by atomic mass is 35.5. The van der Waals surface area contributed by atoms with Gasteiger partial charge in [-0.3, -0.25) is 19.0 Å². The van der Waals surface area contributed by atoms with Crippen molar-refractivity contribution in [2.45, 2.75) is 36.7 Å². The first-order valence-electron chi connectivity index (χ1n) is 19.4. The van der Waals surface area contributed by atoms with Crippen molar-refractivity contribution in [2.75, 3.05) is 29.6 Å². The first-order valence-corrected chi connectivity index (χ1v) is 22.8. The molecule has 66 heavy (non-hydrogen) atoms. The third-order valence-electron chi connectivity index (χ3n) is 8.83. The molecule has 0 aliphatic carbocycles. The van der Waals surface area contributed by atoms with Crippen molar-refractivity contribution in [3.8, 4) is 28.7 Å². The van der Waals surface area contributed by atoms with Crippen molar-refractivity contribution in [3.63, 3.8) is 0 Å². The van der Waals surface area contributed by atoms with Crippen LogP contribution in [-0.2, 0) is 26.2 Å². The topological polar surface area (TPSA) is 178 Å². The maximum Gasteiger partial charge on any atom is 0.416 e. The number of carbonyl (C=O) groups is 2.